The topological polar surface area (TPSA) is 41.2 Å². The van der Waals surface area contributed by atoms with Crippen LogP contribution in [0.5, 0.6) is 0 Å². The fraction of sp³-hybridized carbons (Fsp3) is 0.625. The molecule has 1 aromatic heterocycles. The Morgan fingerprint density at radius 2 is 2.03 bits per heavy atom. The molecular formula is C24H34FN3O. The Balaban J connectivity index is 1.35. The summed E-state index contributed by atoms with van der Waals surface area (Å²) in [6.45, 7) is 7.39. The SMILES string of the molecule is CCN1CCC[C@H](c2[nH]ncc2C)[C@@H]1COC1CCC(c2cccc(F)c2)CC1. The van der Waals surface area contributed by atoms with Crippen LogP contribution in [-0.2, 0) is 4.74 Å². The van der Waals surface area contributed by atoms with E-state index in [0.29, 0.717) is 24.0 Å². The average Bonchev–Trinajstić information content (AvgIpc) is 3.18. The molecule has 158 valence electrons. The Kier molecular flexibility index (Phi) is 6.66. The molecule has 0 spiro atoms. The van der Waals surface area contributed by atoms with E-state index in [-0.39, 0.29) is 5.82 Å². The van der Waals surface area contributed by atoms with Gasteiger partial charge in [-0.25, -0.2) is 4.39 Å². The van der Waals surface area contributed by atoms with Crippen LogP contribution in [0.25, 0.3) is 0 Å². The first-order valence-electron chi connectivity index (χ1n) is 11.3. The van der Waals surface area contributed by atoms with E-state index in [1.165, 1.54) is 30.2 Å². The highest BCUT2D eigenvalue weighted by atomic mass is 19.1. The molecule has 29 heavy (non-hydrogen) atoms. The van der Waals surface area contributed by atoms with Crippen molar-refractivity contribution in [2.24, 2.45) is 0 Å². The number of aromatic nitrogens is 2. The van der Waals surface area contributed by atoms with Crippen molar-refractivity contribution in [1.29, 1.82) is 0 Å². The van der Waals surface area contributed by atoms with Gasteiger partial charge in [0.25, 0.3) is 0 Å². The maximum atomic E-state index is 13.5. The van der Waals surface area contributed by atoms with Gasteiger partial charge in [-0.2, -0.15) is 5.10 Å². The Morgan fingerprint density at radius 1 is 1.21 bits per heavy atom. The second kappa shape index (κ2) is 9.40. The van der Waals surface area contributed by atoms with E-state index in [9.17, 15) is 4.39 Å². The molecule has 2 aliphatic rings. The van der Waals surface area contributed by atoms with Crippen LogP contribution in [0.4, 0.5) is 4.39 Å². The zero-order valence-corrected chi connectivity index (χ0v) is 17.7. The van der Waals surface area contributed by atoms with E-state index >= 15 is 0 Å². The van der Waals surface area contributed by atoms with Crippen LogP contribution in [0.2, 0.25) is 0 Å². The van der Waals surface area contributed by atoms with Gasteiger partial charge in [0.1, 0.15) is 5.82 Å². The van der Waals surface area contributed by atoms with Gasteiger partial charge >= 0.3 is 0 Å². The van der Waals surface area contributed by atoms with Crippen molar-refractivity contribution in [1.82, 2.24) is 15.1 Å². The van der Waals surface area contributed by atoms with Crippen molar-refractivity contribution in [3.8, 4) is 0 Å². The van der Waals surface area contributed by atoms with Gasteiger partial charge in [0.2, 0.25) is 0 Å². The van der Waals surface area contributed by atoms with Crippen LogP contribution >= 0.6 is 0 Å². The number of nitrogens with zero attached hydrogens (tertiary/aromatic N) is 2. The number of hydrogen-bond donors (Lipinski definition) is 1. The predicted octanol–water partition coefficient (Wildman–Crippen LogP) is 5.17. The number of benzene rings is 1. The highest BCUT2D eigenvalue weighted by Gasteiger charge is 2.34. The number of likely N-dealkylation sites (tertiary alicyclic amines) is 1. The Hall–Kier alpha value is -1.72. The van der Waals surface area contributed by atoms with E-state index in [2.05, 4.69) is 35.0 Å². The molecule has 4 nitrogen and oxygen atoms in total. The van der Waals surface area contributed by atoms with Crippen LogP contribution in [0, 0.1) is 12.7 Å². The highest BCUT2D eigenvalue weighted by molar-refractivity contribution is 5.22. The van der Waals surface area contributed by atoms with Gasteiger partial charge in [-0.05, 0) is 87.7 Å². The molecule has 1 saturated heterocycles. The van der Waals surface area contributed by atoms with Crippen molar-refractivity contribution in [3.05, 3.63) is 53.1 Å². The summed E-state index contributed by atoms with van der Waals surface area (Å²) in [7, 11) is 0. The van der Waals surface area contributed by atoms with E-state index in [0.717, 1.165) is 50.9 Å². The molecule has 5 heteroatoms. The van der Waals surface area contributed by atoms with E-state index in [1.807, 2.05) is 12.3 Å². The largest absolute Gasteiger partial charge is 0.377 e. The summed E-state index contributed by atoms with van der Waals surface area (Å²) in [5.74, 6) is 0.806. The normalized spacial score (nSPS) is 28.5. The molecule has 2 heterocycles. The van der Waals surface area contributed by atoms with Crippen molar-refractivity contribution < 1.29 is 9.13 Å². The van der Waals surface area contributed by atoms with Gasteiger partial charge in [-0.1, -0.05) is 19.1 Å². The molecule has 1 aliphatic heterocycles. The van der Waals surface area contributed by atoms with Crippen LogP contribution in [-0.4, -0.2) is 46.9 Å². The summed E-state index contributed by atoms with van der Waals surface area (Å²) < 4.78 is 20.0. The zero-order valence-electron chi connectivity index (χ0n) is 17.7. The number of aryl methyl sites for hydroxylation is 1. The third-order valence-electron chi connectivity index (χ3n) is 7.04. The molecule has 4 rings (SSSR count). The third-order valence-corrected chi connectivity index (χ3v) is 7.04. The lowest BCUT2D eigenvalue weighted by molar-refractivity contribution is -0.0258. The third kappa shape index (κ3) is 4.72. The van der Waals surface area contributed by atoms with Gasteiger partial charge in [-0.15, -0.1) is 0 Å². The highest BCUT2D eigenvalue weighted by Crippen LogP contribution is 2.36. The maximum absolute atomic E-state index is 13.5. The molecule has 1 aromatic carbocycles. The number of nitrogens with one attached hydrogen (secondary N) is 1. The summed E-state index contributed by atoms with van der Waals surface area (Å²) in [5, 5.41) is 7.52. The summed E-state index contributed by atoms with van der Waals surface area (Å²) in [5.41, 5.74) is 3.68. The number of piperidine rings is 1. The van der Waals surface area contributed by atoms with Gasteiger partial charge in [0.15, 0.2) is 0 Å². The molecular weight excluding hydrogens is 365 g/mol. The second-order valence-electron chi connectivity index (χ2n) is 8.77. The number of H-pyrrole nitrogens is 1. The van der Waals surface area contributed by atoms with E-state index in [4.69, 9.17) is 4.74 Å². The minimum atomic E-state index is -0.127. The standard InChI is InChI=1S/C24H34FN3O/c1-3-28-13-5-8-22(24-17(2)15-26-27-24)23(28)16-29-21-11-9-18(10-12-21)19-6-4-7-20(25)14-19/h4,6-7,14-15,18,21-23H,3,5,8-13,16H2,1-2H3,(H,26,27)/t18?,21?,22-,23-/m0/s1. The summed E-state index contributed by atoms with van der Waals surface area (Å²) in [4.78, 5) is 2.58. The molecule has 0 amide bonds. The number of aromatic amines is 1. The first kappa shape index (κ1) is 20.5. The van der Waals surface area contributed by atoms with Crippen molar-refractivity contribution in [2.75, 3.05) is 19.7 Å². The Bertz CT molecular complexity index is 784. The smallest absolute Gasteiger partial charge is 0.123 e. The molecule has 1 saturated carbocycles. The number of hydrogen-bond acceptors (Lipinski definition) is 3. The minimum Gasteiger partial charge on any atom is -0.377 e. The summed E-state index contributed by atoms with van der Waals surface area (Å²) >= 11 is 0. The molecule has 2 fully saturated rings. The van der Waals surface area contributed by atoms with Crippen LogP contribution in [0.3, 0.4) is 0 Å². The summed E-state index contributed by atoms with van der Waals surface area (Å²) in [6, 6.07) is 7.53. The van der Waals surface area contributed by atoms with Gasteiger partial charge in [-0.3, -0.25) is 10.00 Å². The molecule has 0 unspecified atom stereocenters. The van der Waals surface area contributed by atoms with Crippen LogP contribution in [0.1, 0.15) is 74.1 Å². The van der Waals surface area contributed by atoms with Crippen LogP contribution < -0.4 is 0 Å². The zero-order chi connectivity index (χ0) is 20.2. The predicted molar refractivity (Wildman–Crippen MR) is 114 cm³/mol. The Labute approximate surface area is 173 Å². The van der Waals surface area contributed by atoms with Crippen molar-refractivity contribution in [3.63, 3.8) is 0 Å². The lowest BCUT2D eigenvalue weighted by Crippen LogP contribution is -2.47. The van der Waals surface area contributed by atoms with Crippen LogP contribution in [0.15, 0.2) is 30.5 Å². The second-order valence-corrected chi connectivity index (χ2v) is 8.77. The molecule has 1 aliphatic carbocycles. The molecule has 0 bridgehead atoms. The average molecular weight is 400 g/mol. The number of likely N-dealkylation sites (N-methyl/N-ethyl adjacent to an activating group) is 1. The first-order valence-corrected chi connectivity index (χ1v) is 11.3. The molecule has 1 N–H and O–H groups in total. The molecule has 0 radical (unpaired) electrons. The van der Waals surface area contributed by atoms with Gasteiger partial charge < -0.3 is 4.74 Å². The summed E-state index contributed by atoms with van der Waals surface area (Å²) in [6.07, 6.45) is 8.97. The van der Waals surface area contributed by atoms with Gasteiger partial charge in [0.05, 0.1) is 18.9 Å². The number of rotatable bonds is 6. The fourth-order valence-corrected chi connectivity index (χ4v) is 5.37. The Morgan fingerprint density at radius 3 is 2.72 bits per heavy atom. The lowest BCUT2D eigenvalue weighted by Gasteiger charge is -2.41. The monoisotopic (exact) mass is 399 g/mol. The maximum Gasteiger partial charge on any atom is 0.123 e. The van der Waals surface area contributed by atoms with E-state index < -0.39 is 0 Å². The number of ether oxygens (including phenoxy) is 1. The van der Waals surface area contributed by atoms with E-state index in [1.54, 1.807) is 6.07 Å². The quantitative estimate of drug-likeness (QED) is 0.729. The van der Waals surface area contributed by atoms with Gasteiger partial charge in [0, 0.05) is 17.7 Å². The van der Waals surface area contributed by atoms with Crippen molar-refractivity contribution >= 4 is 0 Å². The number of halogens is 1. The first-order chi connectivity index (χ1) is 14.2. The molecule has 2 aromatic rings. The van der Waals surface area contributed by atoms with Crippen molar-refractivity contribution in [2.45, 2.75) is 76.4 Å². The lowest BCUT2D eigenvalue weighted by atomic mass is 9.82. The molecule has 2 atom stereocenters. The minimum absolute atomic E-state index is 0.127. The fourth-order valence-electron chi connectivity index (χ4n) is 5.37.